The molecule has 0 spiro atoms. The number of nitrogens with one attached hydrogen (secondary N) is 1. The molecule has 2 aromatic carbocycles. The molecule has 0 saturated heterocycles. The lowest BCUT2D eigenvalue weighted by molar-refractivity contribution is 0.278. The number of H-pyrrole nitrogens is 1. The number of hydrogen-bond donors (Lipinski definition) is 2. The second-order valence-electron chi connectivity index (χ2n) is 4.37. The van der Waals surface area contributed by atoms with Gasteiger partial charge in [0, 0.05) is 31.4 Å². The standard InChI is InChI=1S/C15H11ClFNOS/c16-9-5-14-13(7-11(8-19)18-14)15(6-9)20-12-3-1-10(17)2-4-12/h1-7,18-19H,8H2. The van der Waals surface area contributed by atoms with E-state index in [9.17, 15) is 9.50 Å². The van der Waals surface area contributed by atoms with Crippen LogP contribution in [-0.4, -0.2) is 10.1 Å². The summed E-state index contributed by atoms with van der Waals surface area (Å²) in [6.45, 7) is -0.0487. The summed E-state index contributed by atoms with van der Waals surface area (Å²) in [5.41, 5.74) is 1.62. The van der Waals surface area contributed by atoms with Crippen LogP contribution in [0.15, 0.2) is 52.3 Å². The number of aliphatic hydroxyl groups excluding tert-OH is 1. The lowest BCUT2D eigenvalue weighted by Crippen LogP contribution is -1.79. The summed E-state index contributed by atoms with van der Waals surface area (Å²) in [5, 5.41) is 10.8. The Morgan fingerprint density at radius 3 is 2.60 bits per heavy atom. The van der Waals surface area contributed by atoms with Crippen LogP contribution in [0.25, 0.3) is 10.9 Å². The zero-order valence-electron chi connectivity index (χ0n) is 10.4. The molecule has 0 amide bonds. The fraction of sp³-hybridized carbons (Fsp3) is 0.0667. The van der Waals surface area contributed by atoms with E-state index in [0.717, 1.165) is 26.4 Å². The van der Waals surface area contributed by atoms with E-state index in [1.807, 2.05) is 18.2 Å². The van der Waals surface area contributed by atoms with Crippen molar-refractivity contribution in [2.24, 2.45) is 0 Å². The number of aliphatic hydroxyl groups is 1. The van der Waals surface area contributed by atoms with Crippen molar-refractivity contribution in [3.63, 3.8) is 0 Å². The Morgan fingerprint density at radius 1 is 1.15 bits per heavy atom. The summed E-state index contributed by atoms with van der Waals surface area (Å²) in [6.07, 6.45) is 0. The topological polar surface area (TPSA) is 36.0 Å². The SMILES string of the molecule is OCc1cc2c(Sc3ccc(F)cc3)cc(Cl)cc2[nH]1. The Morgan fingerprint density at radius 2 is 1.90 bits per heavy atom. The molecule has 5 heteroatoms. The van der Waals surface area contributed by atoms with Crippen LogP contribution in [0.4, 0.5) is 4.39 Å². The number of aromatic nitrogens is 1. The van der Waals surface area contributed by atoms with E-state index in [1.54, 1.807) is 12.1 Å². The Balaban J connectivity index is 2.05. The van der Waals surface area contributed by atoms with Gasteiger partial charge in [-0.3, -0.25) is 0 Å². The van der Waals surface area contributed by atoms with E-state index in [2.05, 4.69) is 4.98 Å². The maximum atomic E-state index is 12.9. The summed E-state index contributed by atoms with van der Waals surface area (Å²) in [6, 6.07) is 11.9. The largest absolute Gasteiger partial charge is 0.390 e. The number of hydrogen-bond acceptors (Lipinski definition) is 2. The molecule has 1 aromatic heterocycles. The van der Waals surface area contributed by atoms with Crippen LogP contribution in [0.3, 0.4) is 0 Å². The number of benzene rings is 2. The van der Waals surface area contributed by atoms with Gasteiger partial charge >= 0.3 is 0 Å². The smallest absolute Gasteiger partial charge is 0.123 e. The number of rotatable bonds is 3. The van der Waals surface area contributed by atoms with Crippen molar-refractivity contribution < 1.29 is 9.50 Å². The van der Waals surface area contributed by atoms with Crippen molar-refractivity contribution in [3.05, 3.63) is 59.0 Å². The molecule has 0 fully saturated rings. The van der Waals surface area contributed by atoms with Crippen LogP contribution in [-0.2, 0) is 6.61 Å². The van der Waals surface area contributed by atoms with Crippen molar-refractivity contribution in [1.29, 1.82) is 0 Å². The lowest BCUT2D eigenvalue weighted by Gasteiger charge is -2.04. The Kier molecular flexibility index (Phi) is 3.70. The van der Waals surface area contributed by atoms with Gasteiger partial charge in [0.1, 0.15) is 5.82 Å². The van der Waals surface area contributed by atoms with Gasteiger partial charge in [-0.2, -0.15) is 0 Å². The van der Waals surface area contributed by atoms with Crippen LogP contribution in [0, 0.1) is 5.82 Å². The molecule has 0 saturated carbocycles. The average molecular weight is 308 g/mol. The molecule has 3 aromatic rings. The quantitative estimate of drug-likeness (QED) is 0.741. The van der Waals surface area contributed by atoms with E-state index in [0.29, 0.717) is 5.02 Å². The highest BCUT2D eigenvalue weighted by atomic mass is 35.5. The van der Waals surface area contributed by atoms with Crippen LogP contribution in [0.1, 0.15) is 5.69 Å². The Bertz CT molecular complexity index is 754. The van der Waals surface area contributed by atoms with Crippen LogP contribution >= 0.6 is 23.4 Å². The molecular formula is C15H11ClFNOS. The minimum Gasteiger partial charge on any atom is -0.390 e. The number of halogens is 2. The molecule has 0 atom stereocenters. The third-order valence-corrected chi connectivity index (χ3v) is 4.22. The maximum absolute atomic E-state index is 12.9. The van der Waals surface area contributed by atoms with Gasteiger partial charge in [0.25, 0.3) is 0 Å². The second kappa shape index (κ2) is 5.48. The van der Waals surface area contributed by atoms with Gasteiger partial charge in [0.15, 0.2) is 0 Å². The minimum atomic E-state index is -0.255. The predicted molar refractivity (Wildman–Crippen MR) is 79.8 cm³/mol. The van der Waals surface area contributed by atoms with Crippen molar-refractivity contribution in [2.75, 3.05) is 0 Å². The van der Waals surface area contributed by atoms with Crippen molar-refractivity contribution in [2.45, 2.75) is 16.4 Å². The third-order valence-electron chi connectivity index (χ3n) is 2.93. The highest BCUT2D eigenvalue weighted by Gasteiger charge is 2.09. The van der Waals surface area contributed by atoms with E-state index in [1.165, 1.54) is 23.9 Å². The summed E-state index contributed by atoms with van der Waals surface area (Å²) in [5.74, 6) is -0.255. The molecule has 1 heterocycles. The van der Waals surface area contributed by atoms with Crippen molar-refractivity contribution in [1.82, 2.24) is 4.98 Å². The fourth-order valence-electron chi connectivity index (χ4n) is 2.03. The molecule has 2 nitrogen and oxygen atoms in total. The first-order chi connectivity index (χ1) is 9.65. The molecule has 0 aliphatic heterocycles. The second-order valence-corrected chi connectivity index (χ2v) is 5.93. The molecule has 20 heavy (non-hydrogen) atoms. The molecule has 2 N–H and O–H groups in total. The van der Waals surface area contributed by atoms with Crippen molar-refractivity contribution in [3.8, 4) is 0 Å². The molecule has 0 bridgehead atoms. The van der Waals surface area contributed by atoms with Crippen LogP contribution < -0.4 is 0 Å². The summed E-state index contributed by atoms with van der Waals surface area (Å²) in [7, 11) is 0. The van der Waals surface area contributed by atoms with Gasteiger partial charge in [-0.05, 0) is 42.5 Å². The minimum absolute atomic E-state index is 0.0487. The first-order valence-electron chi connectivity index (χ1n) is 6.01. The maximum Gasteiger partial charge on any atom is 0.123 e. The Labute approximate surface area is 124 Å². The monoisotopic (exact) mass is 307 g/mol. The molecule has 3 rings (SSSR count). The fourth-order valence-corrected chi connectivity index (χ4v) is 3.30. The van der Waals surface area contributed by atoms with E-state index >= 15 is 0 Å². The molecule has 0 radical (unpaired) electrons. The zero-order chi connectivity index (χ0) is 14.1. The van der Waals surface area contributed by atoms with Gasteiger partial charge in [0.05, 0.1) is 6.61 Å². The van der Waals surface area contributed by atoms with Crippen molar-refractivity contribution >= 4 is 34.3 Å². The highest BCUT2D eigenvalue weighted by Crippen LogP contribution is 2.36. The van der Waals surface area contributed by atoms with Gasteiger partial charge in [0.2, 0.25) is 0 Å². The van der Waals surface area contributed by atoms with E-state index in [-0.39, 0.29) is 12.4 Å². The molecule has 0 aliphatic rings. The number of fused-ring (bicyclic) bond motifs is 1. The summed E-state index contributed by atoms with van der Waals surface area (Å²) in [4.78, 5) is 5.01. The zero-order valence-corrected chi connectivity index (χ0v) is 11.9. The average Bonchev–Trinajstić information content (AvgIpc) is 2.84. The van der Waals surface area contributed by atoms with Gasteiger partial charge < -0.3 is 10.1 Å². The summed E-state index contributed by atoms with van der Waals surface area (Å²) < 4.78 is 12.9. The molecule has 102 valence electrons. The van der Waals surface area contributed by atoms with E-state index in [4.69, 9.17) is 11.6 Å². The highest BCUT2D eigenvalue weighted by molar-refractivity contribution is 7.99. The molecule has 0 aliphatic carbocycles. The summed E-state index contributed by atoms with van der Waals surface area (Å²) >= 11 is 7.62. The van der Waals surface area contributed by atoms with Gasteiger partial charge in [-0.15, -0.1) is 0 Å². The predicted octanol–water partition coefficient (Wildman–Crippen LogP) is 4.60. The van der Waals surface area contributed by atoms with E-state index < -0.39 is 0 Å². The number of aromatic amines is 1. The Hall–Kier alpha value is -1.49. The van der Waals surface area contributed by atoms with Gasteiger partial charge in [-0.1, -0.05) is 23.4 Å². The lowest BCUT2D eigenvalue weighted by atomic mass is 10.2. The molecular weight excluding hydrogens is 297 g/mol. The normalized spacial score (nSPS) is 11.2. The van der Waals surface area contributed by atoms with Gasteiger partial charge in [-0.25, -0.2) is 4.39 Å². The van der Waals surface area contributed by atoms with Crippen LogP contribution in [0.2, 0.25) is 5.02 Å². The third kappa shape index (κ3) is 2.68. The van der Waals surface area contributed by atoms with Crippen LogP contribution in [0.5, 0.6) is 0 Å². The first-order valence-corrected chi connectivity index (χ1v) is 7.20. The first kappa shape index (κ1) is 13.5. The molecule has 0 unspecified atom stereocenters.